The minimum atomic E-state index is -0.389. The molecule has 0 spiro atoms. The zero-order valence-electron chi connectivity index (χ0n) is 11.3. The highest BCUT2D eigenvalue weighted by atomic mass is 32.1. The molecule has 0 saturated heterocycles. The summed E-state index contributed by atoms with van der Waals surface area (Å²) < 4.78 is 5.54. The number of aliphatic hydroxyl groups is 1. The zero-order chi connectivity index (χ0) is 13.1. The van der Waals surface area contributed by atoms with Gasteiger partial charge in [0.2, 0.25) is 0 Å². The number of thiophene rings is 1. The topological polar surface area (TPSA) is 41.5 Å². The SMILES string of the molecule is OC(CNC(C1CC1)C1CC1)COCc1cccs1. The van der Waals surface area contributed by atoms with Crippen molar-refractivity contribution in [3.05, 3.63) is 22.4 Å². The largest absolute Gasteiger partial charge is 0.389 e. The van der Waals surface area contributed by atoms with E-state index in [2.05, 4.69) is 11.4 Å². The summed E-state index contributed by atoms with van der Waals surface area (Å²) in [7, 11) is 0. The molecular formula is C15H23NO2S. The van der Waals surface area contributed by atoms with E-state index in [-0.39, 0.29) is 6.10 Å². The molecule has 0 bridgehead atoms. The molecule has 2 aliphatic carbocycles. The summed E-state index contributed by atoms with van der Waals surface area (Å²) >= 11 is 1.69. The lowest BCUT2D eigenvalue weighted by atomic mass is 10.1. The summed E-state index contributed by atoms with van der Waals surface area (Å²) in [6.45, 7) is 1.71. The summed E-state index contributed by atoms with van der Waals surface area (Å²) in [6.07, 6.45) is 5.11. The molecule has 2 saturated carbocycles. The second-order valence-corrected chi connectivity index (χ2v) is 6.89. The van der Waals surface area contributed by atoms with Gasteiger partial charge in [0.25, 0.3) is 0 Å². The first-order chi connectivity index (χ1) is 9.33. The molecule has 106 valence electrons. The van der Waals surface area contributed by atoms with E-state index >= 15 is 0 Å². The number of hydrogen-bond donors (Lipinski definition) is 2. The van der Waals surface area contributed by atoms with Crippen LogP contribution in [0.3, 0.4) is 0 Å². The normalized spacial score (nSPS) is 20.9. The summed E-state index contributed by atoms with van der Waals surface area (Å²) in [4.78, 5) is 1.22. The third-order valence-electron chi connectivity index (χ3n) is 3.98. The van der Waals surface area contributed by atoms with Gasteiger partial charge in [0.15, 0.2) is 0 Å². The maximum Gasteiger partial charge on any atom is 0.0897 e. The second kappa shape index (κ2) is 6.35. The van der Waals surface area contributed by atoms with Crippen LogP contribution in [0.1, 0.15) is 30.6 Å². The fraction of sp³-hybridized carbons (Fsp3) is 0.733. The van der Waals surface area contributed by atoms with Crippen molar-refractivity contribution in [2.24, 2.45) is 11.8 Å². The molecule has 0 aromatic carbocycles. The quantitative estimate of drug-likeness (QED) is 0.730. The van der Waals surface area contributed by atoms with Crippen LogP contribution in [0.4, 0.5) is 0 Å². The van der Waals surface area contributed by atoms with Crippen molar-refractivity contribution in [2.45, 2.75) is 44.4 Å². The maximum absolute atomic E-state index is 9.95. The summed E-state index contributed by atoms with van der Waals surface area (Å²) in [6, 6.07) is 4.75. The molecule has 2 N–H and O–H groups in total. The number of nitrogens with one attached hydrogen (secondary N) is 1. The van der Waals surface area contributed by atoms with Crippen LogP contribution in [0.2, 0.25) is 0 Å². The minimum Gasteiger partial charge on any atom is -0.389 e. The van der Waals surface area contributed by atoms with Gasteiger partial charge >= 0.3 is 0 Å². The Balaban J connectivity index is 1.31. The number of rotatable bonds is 9. The number of aliphatic hydroxyl groups excluding tert-OH is 1. The Morgan fingerprint density at radius 3 is 2.63 bits per heavy atom. The Bertz CT molecular complexity index is 362. The molecule has 2 aliphatic rings. The average molecular weight is 281 g/mol. The van der Waals surface area contributed by atoms with Crippen LogP contribution in [-0.2, 0) is 11.3 Å². The molecule has 0 radical (unpaired) electrons. The van der Waals surface area contributed by atoms with Gasteiger partial charge in [-0.25, -0.2) is 0 Å². The van der Waals surface area contributed by atoms with E-state index < -0.39 is 0 Å². The van der Waals surface area contributed by atoms with Crippen LogP contribution in [-0.4, -0.2) is 30.4 Å². The van der Waals surface area contributed by atoms with Crippen molar-refractivity contribution < 1.29 is 9.84 Å². The molecule has 0 aliphatic heterocycles. The van der Waals surface area contributed by atoms with E-state index in [1.807, 2.05) is 11.4 Å². The Morgan fingerprint density at radius 1 is 1.32 bits per heavy atom. The van der Waals surface area contributed by atoms with Gasteiger partial charge in [-0.2, -0.15) is 0 Å². The van der Waals surface area contributed by atoms with E-state index in [0.717, 1.165) is 11.8 Å². The summed E-state index contributed by atoms with van der Waals surface area (Å²) in [5.74, 6) is 1.76. The van der Waals surface area contributed by atoms with Crippen molar-refractivity contribution in [3.63, 3.8) is 0 Å². The summed E-state index contributed by atoms with van der Waals surface area (Å²) in [5, 5.41) is 15.6. The summed E-state index contributed by atoms with van der Waals surface area (Å²) in [5.41, 5.74) is 0. The molecule has 1 aromatic rings. The van der Waals surface area contributed by atoms with E-state index in [4.69, 9.17) is 4.74 Å². The van der Waals surface area contributed by atoms with Crippen LogP contribution in [0.5, 0.6) is 0 Å². The molecule has 3 rings (SSSR count). The Morgan fingerprint density at radius 2 is 2.05 bits per heavy atom. The van der Waals surface area contributed by atoms with Gasteiger partial charge in [-0.3, -0.25) is 0 Å². The van der Waals surface area contributed by atoms with Crippen molar-refractivity contribution >= 4 is 11.3 Å². The van der Waals surface area contributed by atoms with Gasteiger partial charge in [-0.1, -0.05) is 6.07 Å². The average Bonchev–Trinajstić information content (AvgIpc) is 3.32. The highest BCUT2D eigenvalue weighted by molar-refractivity contribution is 7.09. The van der Waals surface area contributed by atoms with Gasteiger partial charge < -0.3 is 15.2 Å². The second-order valence-electron chi connectivity index (χ2n) is 5.86. The third kappa shape index (κ3) is 4.28. The Labute approximate surface area is 119 Å². The minimum absolute atomic E-state index is 0.389. The van der Waals surface area contributed by atoms with Gasteiger partial charge in [0.1, 0.15) is 0 Å². The molecule has 3 nitrogen and oxygen atoms in total. The predicted molar refractivity (Wildman–Crippen MR) is 77.2 cm³/mol. The van der Waals surface area contributed by atoms with Crippen LogP contribution < -0.4 is 5.32 Å². The van der Waals surface area contributed by atoms with Crippen molar-refractivity contribution in [1.29, 1.82) is 0 Å². The smallest absolute Gasteiger partial charge is 0.0897 e. The predicted octanol–water partition coefficient (Wildman–Crippen LogP) is 2.40. The monoisotopic (exact) mass is 281 g/mol. The fourth-order valence-electron chi connectivity index (χ4n) is 2.65. The third-order valence-corrected chi connectivity index (χ3v) is 4.83. The van der Waals surface area contributed by atoms with Crippen LogP contribution in [0, 0.1) is 11.8 Å². The van der Waals surface area contributed by atoms with E-state index in [1.165, 1.54) is 30.6 Å². The number of hydrogen-bond acceptors (Lipinski definition) is 4. The van der Waals surface area contributed by atoms with Gasteiger partial charge in [-0.15, -0.1) is 11.3 Å². The molecule has 1 unspecified atom stereocenters. The zero-order valence-corrected chi connectivity index (χ0v) is 12.1. The Kier molecular flexibility index (Phi) is 4.53. The molecule has 19 heavy (non-hydrogen) atoms. The van der Waals surface area contributed by atoms with Crippen molar-refractivity contribution in [2.75, 3.05) is 13.2 Å². The first kappa shape index (κ1) is 13.6. The van der Waals surface area contributed by atoms with E-state index in [1.54, 1.807) is 11.3 Å². The van der Waals surface area contributed by atoms with Gasteiger partial charge in [-0.05, 0) is 49.0 Å². The molecule has 0 amide bonds. The first-order valence-corrected chi connectivity index (χ1v) is 8.22. The van der Waals surface area contributed by atoms with Gasteiger partial charge in [0.05, 0.1) is 19.3 Å². The highest BCUT2D eigenvalue weighted by Crippen LogP contribution is 2.44. The van der Waals surface area contributed by atoms with E-state index in [9.17, 15) is 5.11 Å². The highest BCUT2D eigenvalue weighted by Gasteiger charge is 2.41. The Hall–Kier alpha value is -0.420. The molecule has 4 heteroatoms. The lowest BCUT2D eigenvalue weighted by molar-refractivity contribution is 0.0279. The lowest BCUT2D eigenvalue weighted by Crippen LogP contribution is -2.40. The van der Waals surface area contributed by atoms with Crippen molar-refractivity contribution in [1.82, 2.24) is 5.32 Å². The lowest BCUT2D eigenvalue weighted by Gasteiger charge is -2.20. The maximum atomic E-state index is 9.95. The van der Waals surface area contributed by atoms with Crippen LogP contribution >= 0.6 is 11.3 Å². The molecule has 1 atom stereocenters. The van der Waals surface area contributed by atoms with Crippen molar-refractivity contribution in [3.8, 4) is 0 Å². The molecule has 1 heterocycles. The van der Waals surface area contributed by atoms with Crippen LogP contribution in [0.15, 0.2) is 17.5 Å². The molecular weight excluding hydrogens is 258 g/mol. The standard InChI is InChI=1S/C15H23NO2S/c17-13(9-18-10-14-2-1-7-19-14)8-16-15(11-3-4-11)12-5-6-12/h1-2,7,11-13,15-17H,3-6,8-10H2. The van der Waals surface area contributed by atoms with Gasteiger partial charge in [0, 0.05) is 17.5 Å². The van der Waals surface area contributed by atoms with E-state index in [0.29, 0.717) is 25.8 Å². The number of ether oxygens (including phenoxy) is 1. The van der Waals surface area contributed by atoms with Crippen LogP contribution in [0.25, 0.3) is 0 Å². The molecule has 1 aromatic heterocycles. The fourth-order valence-corrected chi connectivity index (χ4v) is 3.29. The molecule has 2 fully saturated rings. The first-order valence-electron chi connectivity index (χ1n) is 7.34.